The van der Waals surface area contributed by atoms with Crippen molar-refractivity contribution < 1.29 is 4.39 Å². The predicted octanol–water partition coefficient (Wildman–Crippen LogP) is 3.60. The second-order valence-electron chi connectivity index (χ2n) is 4.32. The summed E-state index contributed by atoms with van der Waals surface area (Å²) in [6, 6.07) is 3.82. The largest absolute Gasteiger partial charge is 0.328 e. The molecule has 1 atom stereocenters. The summed E-state index contributed by atoms with van der Waals surface area (Å²) in [5.74, 6) is 0.0350. The van der Waals surface area contributed by atoms with Crippen molar-refractivity contribution >= 4 is 15.9 Å². The van der Waals surface area contributed by atoms with Gasteiger partial charge in [0.15, 0.2) is 0 Å². The van der Waals surface area contributed by atoms with Crippen LogP contribution in [0.4, 0.5) is 4.39 Å². The molecule has 0 amide bonds. The van der Waals surface area contributed by atoms with Crippen LogP contribution in [-0.4, -0.2) is 6.04 Å². The predicted molar refractivity (Wildman–Crippen MR) is 65.5 cm³/mol. The Morgan fingerprint density at radius 3 is 2.40 bits per heavy atom. The standard InChI is InChI=1S/C12H17BrFN/c1-7(2)10-5-9(4-8(3)15)6-11(13)12(10)14/h5-8H,4,15H2,1-3H3. The third kappa shape index (κ3) is 3.28. The fourth-order valence-electron chi connectivity index (χ4n) is 1.58. The van der Waals surface area contributed by atoms with Crippen LogP contribution in [0.5, 0.6) is 0 Å². The van der Waals surface area contributed by atoms with Crippen molar-refractivity contribution in [3.8, 4) is 0 Å². The lowest BCUT2D eigenvalue weighted by Crippen LogP contribution is -2.18. The zero-order valence-corrected chi connectivity index (χ0v) is 10.9. The number of rotatable bonds is 3. The highest BCUT2D eigenvalue weighted by atomic mass is 79.9. The lowest BCUT2D eigenvalue weighted by Gasteiger charge is -2.12. The first-order chi connectivity index (χ1) is 6.91. The maximum absolute atomic E-state index is 13.7. The van der Waals surface area contributed by atoms with Crippen LogP contribution >= 0.6 is 15.9 Å². The van der Waals surface area contributed by atoms with E-state index in [9.17, 15) is 4.39 Å². The molecule has 0 saturated carbocycles. The zero-order chi connectivity index (χ0) is 11.6. The van der Waals surface area contributed by atoms with Crippen molar-refractivity contribution in [3.05, 3.63) is 33.5 Å². The second kappa shape index (κ2) is 5.08. The van der Waals surface area contributed by atoms with Gasteiger partial charge in [-0.25, -0.2) is 4.39 Å². The van der Waals surface area contributed by atoms with E-state index >= 15 is 0 Å². The molecule has 15 heavy (non-hydrogen) atoms. The van der Waals surface area contributed by atoms with E-state index in [1.54, 1.807) is 0 Å². The van der Waals surface area contributed by atoms with E-state index < -0.39 is 0 Å². The Bertz CT molecular complexity index is 348. The molecule has 84 valence electrons. The zero-order valence-electron chi connectivity index (χ0n) is 9.35. The van der Waals surface area contributed by atoms with Gasteiger partial charge in [-0.15, -0.1) is 0 Å². The first-order valence-corrected chi connectivity index (χ1v) is 5.94. The molecule has 0 heterocycles. The van der Waals surface area contributed by atoms with Crippen molar-refractivity contribution in [2.45, 2.75) is 39.2 Å². The second-order valence-corrected chi connectivity index (χ2v) is 5.17. The molecule has 1 rings (SSSR count). The van der Waals surface area contributed by atoms with Crippen LogP contribution in [0.15, 0.2) is 16.6 Å². The van der Waals surface area contributed by atoms with E-state index in [-0.39, 0.29) is 17.8 Å². The topological polar surface area (TPSA) is 26.0 Å². The van der Waals surface area contributed by atoms with Gasteiger partial charge >= 0.3 is 0 Å². The molecule has 2 N–H and O–H groups in total. The lowest BCUT2D eigenvalue weighted by molar-refractivity contribution is 0.589. The van der Waals surface area contributed by atoms with Crippen LogP contribution < -0.4 is 5.73 Å². The minimum absolute atomic E-state index is 0.0994. The fraction of sp³-hybridized carbons (Fsp3) is 0.500. The quantitative estimate of drug-likeness (QED) is 0.895. The summed E-state index contributed by atoms with van der Waals surface area (Å²) in [7, 11) is 0. The maximum atomic E-state index is 13.7. The van der Waals surface area contributed by atoms with E-state index in [0.717, 1.165) is 17.5 Å². The van der Waals surface area contributed by atoms with Gasteiger partial charge in [0.2, 0.25) is 0 Å². The fourth-order valence-corrected chi connectivity index (χ4v) is 2.10. The van der Waals surface area contributed by atoms with Crippen molar-refractivity contribution in [2.24, 2.45) is 5.73 Å². The number of nitrogens with two attached hydrogens (primary N) is 1. The molecule has 1 unspecified atom stereocenters. The monoisotopic (exact) mass is 273 g/mol. The molecule has 0 radical (unpaired) electrons. The Hall–Kier alpha value is -0.410. The van der Waals surface area contributed by atoms with Crippen molar-refractivity contribution in [3.63, 3.8) is 0 Å². The normalized spacial score (nSPS) is 13.3. The molecule has 0 aliphatic carbocycles. The molecule has 0 aliphatic rings. The van der Waals surface area contributed by atoms with Gasteiger partial charge in [0.25, 0.3) is 0 Å². The third-order valence-corrected chi connectivity index (χ3v) is 2.87. The Morgan fingerprint density at radius 1 is 1.33 bits per heavy atom. The van der Waals surface area contributed by atoms with E-state index in [2.05, 4.69) is 15.9 Å². The summed E-state index contributed by atoms with van der Waals surface area (Å²) in [4.78, 5) is 0. The van der Waals surface area contributed by atoms with Crippen LogP contribution in [0, 0.1) is 5.82 Å². The molecule has 3 heteroatoms. The molecule has 1 aromatic carbocycles. The van der Waals surface area contributed by atoms with Gasteiger partial charge in [0.1, 0.15) is 5.82 Å². The molecule has 0 aromatic heterocycles. The molecule has 0 spiro atoms. The van der Waals surface area contributed by atoms with Crippen molar-refractivity contribution in [1.82, 2.24) is 0 Å². The minimum Gasteiger partial charge on any atom is -0.328 e. The Kier molecular flexibility index (Phi) is 4.29. The van der Waals surface area contributed by atoms with Crippen molar-refractivity contribution in [2.75, 3.05) is 0 Å². The summed E-state index contributed by atoms with van der Waals surface area (Å²) < 4.78 is 14.2. The first kappa shape index (κ1) is 12.7. The number of hydrogen-bond acceptors (Lipinski definition) is 1. The highest BCUT2D eigenvalue weighted by Gasteiger charge is 2.12. The van der Waals surface area contributed by atoms with Gasteiger partial charge in [0, 0.05) is 6.04 Å². The Morgan fingerprint density at radius 2 is 1.93 bits per heavy atom. The highest BCUT2D eigenvalue weighted by molar-refractivity contribution is 9.10. The summed E-state index contributed by atoms with van der Waals surface area (Å²) >= 11 is 3.24. The van der Waals surface area contributed by atoms with Crippen molar-refractivity contribution in [1.29, 1.82) is 0 Å². The smallest absolute Gasteiger partial charge is 0.140 e. The summed E-state index contributed by atoms with van der Waals surface area (Å²) in [6.07, 6.45) is 0.776. The van der Waals surface area contributed by atoms with Gasteiger partial charge in [-0.3, -0.25) is 0 Å². The van der Waals surface area contributed by atoms with Crippen LogP contribution in [0.2, 0.25) is 0 Å². The van der Waals surface area contributed by atoms with Crippen LogP contribution in [-0.2, 0) is 6.42 Å². The van der Waals surface area contributed by atoms with Gasteiger partial charge in [-0.05, 0) is 52.4 Å². The van der Waals surface area contributed by atoms with Gasteiger partial charge in [0.05, 0.1) is 4.47 Å². The highest BCUT2D eigenvalue weighted by Crippen LogP contribution is 2.27. The van der Waals surface area contributed by atoms with E-state index in [1.807, 2.05) is 32.9 Å². The van der Waals surface area contributed by atoms with Gasteiger partial charge in [-0.2, -0.15) is 0 Å². The molecular formula is C12H17BrFN. The average Bonchev–Trinajstić information content (AvgIpc) is 2.09. The van der Waals surface area contributed by atoms with Gasteiger partial charge < -0.3 is 5.73 Å². The van der Waals surface area contributed by atoms with Gasteiger partial charge in [-0.1, -0.05) is 19.9 Å². The summed E-state index contributed by atoms with van der Waals surface area (Å²) in [6.45, 7) is 5.92. The molecular weight excluding hydrogens is 257 g/mol. The lowest BCUT2D eigenvalue weighted by atomic mass is 9.97. The summed E-state index contributed by atoms with van der Waals surface area (Å²) in [5.41, 5.74) is 7.56. The molecule has 1 nitrogen and oxygen atoms in total. The first-order valence-electron chi connectivity index (χ1n) is 5.15. The van der Waals surface area contributed by atoms with E-state index in [1.165, 1.54) is 0 Å². The molecule has 0 saturated heterocycles. The summed E-state index contributed by atoms with van der Waals surface area (Å²) in [5, 5.41) is 0. The van der Waals surface area contributed by atoms with E-state index in [0.29, 0.717) is 4.47 Å². The average molecular weight is 274 g/mol. The molecule has 1 aromatic rings. The molecule has 0 aliphatic heterocycles. The molecule has 0 fully saturated rings. The minimum atomic E-state index is -0.154. The van der Waals surface area contributed by atoms with E-state index in [4.69, 9.17) is 5.73 Å². The number of hydrogen-bond donors (Lipinski definition) is 1. The van der Waals surface area contributed by atoms with Crippen LogP contribution in [0.1, 0.15) is 37.8 Å². The van der Waals surface area contributed by atoms with Crippen LogP contribution in [0.25, 0.3) is 0 Å². The number of halogens is 2. The Labute approximate surface area is 99.0 Å². The Balaban J connectivity index is 3.11. The molecule has 0 bridgehead atoms. The number of benzene rings is 1. The van der Waals surface area contributed by atoms with Crippen LogP contribution in [0.3, 0.4) is 0 Å². The maximum Gasteiger partial charge on any atom is 0.140 e. The third-order valence-electron chi connectivity index (χ3n) is 2.30. The SMILES string of the molecule is CC(N)Cc1cc(Br)c(F)c(C(C)C)c1.